The Bertz CT molecular complexity index is 781. The molecule has 0 aromatic heterocycles. The van der Waals surface area contributed by atoms with E-state index in [1.807, 2.05) is 26.0 Å². The predicted molar refractivity (Wildman–Crippen MR) is 105 cm³/mol. The van der Waals surface area contributed by atoms with Gasteiger partial charge in [0.05, 0.1) is 11.4 Å². The number of aryl methyl sites for hydroxylation is 2. The van der Waals surface area contributed by atoms with Crippen LogP contribution in [0.15, 0.2) is 36.4 Å². The molecule has 2 N–H and O–H groups in total. The SMILES string of the molecule is CCc1cc(Oc2ccc(N(C)C(=O)O)c(CC)c2)ccc1N(C)C(=O)O. The summed E-state index contributed by atoms with van der Waals surface area (Å²) < 4.78 is 5.92. The fourth-order valence-corrected chi connectivity index (χ4v) is 2.81. The van der Waals surface area contributed by atoms with Crippen molar-refractivity contribution in [3.05, 3.63) is 47.5 Å². The second-order valence-electron chi connectivity index (χ2n) is 6.07. The minimum atomic E-state index is -1.02. The third-order valence-corrected chi connectivity index (χ3v) is 4.40. The number of ether oxygens (including phenoxy) is 1. The average Bonchev–Trinajstić information content (AvgIpc) is 2.66. The monoisotopic (exact) mass is 372 g/mol. The van der Waals surface area contributed by atoms with Gasteiger partial charge in [-0.3, -0.25) is 9.80 Å². The van der Waals surface area contributed by atoms with Gasteiger partial charge in [0.15, 0.2) is 0 Å². The van der Waals surface area contributed by atoms with Gasteiger partial charge in [-0.15, -0.1) is 0 Å². The summed E-state index contributed by atoms with van der Waals surface area (Å²) in [6, 6.07) is 10.5. The summed E-state index contributed by atoms with van der Waals surface area (Å²) in [5, 5.41) is 18.4. The largest absolute Gasteiger partial charge is 0.465 e. The third-order valence-electron chi connectivity index (χ3n) is 4.40. The van der Waals surface area contributed by atoms with Crippen molar-refractivity contribution in [1.29, 1.82) is 0 Å². The highest BCUT2D eigenvalue weighted by molar-refractivity contribution is 5.87. The molecule has 0 saturated carbocycles. The zero-order valence-electron chi connectivity index (χ0n) is 15.9. The highest BCUT2D eigenvalue weighted by Crippen LogP contribution is 2.31. The molecule has 2 aromatic rings. The maximum atomic E-state index is 11.2. The molecule has 27 heavy (non-hydrogen) atoms. The third kappa shape index (κ3) is 4.49. The predicted octanol–water partition coefficient (Wildman–Crippen LogP) is 4.83. The molecule has 0 radical (unpaired) electrons. The topological polar surface area (TPSA) is 90.3 Å². The molecule has 2 amide bonds. The van der Waals surface area contributed by atoms with Gasteiger partial charge in [0.1, 0.15) is 11.5 Å². The van der Waals surface area contributed by atoms with Gasteiger partial charge in [-0.1, -0.05) is 13.8 Å². The van der Waals surface area contributed by atoms with E-state index in [0.29, 0.717) is 35.7 Å². The van der Waals surface area contributed by atoms with Crippen molar-refractivity contribution in [2.45, 2.75) is 26.7 Å². The Balaban J connectivity index is 2.31. The number of rotatable bonds is 6. The van der Waals surface area contributed by atoms with E-state index in [-0.39, 0.29) is 0 Å². The zero-order chi connectivity index (χ0) is 20.1. The van der Waals surface area contributed by atoms with Crippen molar-refractivity contribution < 1.29 is 24.5 Å². The number of anilines is 2. The van der Waals surface area contributed by atoms with Crippen LogP contribution in [0.2, 0.25) is 0 Å². The lowest BCUT2D eigenvalue weighted by Crippen LogP contribution is -2.25. The summed E-state index contributed by atoms with van der Waals surface area (Å²) in [6.45, 7) is 3.90. The second kappa shape index (κ2) is 8.44. The van der Waals surface area contributed by atoms with Crippen LogP contribution in [-0.2, 0) is 12.8 Å². The van der Waals surface area contributed by atoms with Crippen LogP contribution in [0.25, 0.3) is 0 Å². The van der Waals surface area contributed by atoms with Gasteiger partial charge in [0.25, 0.3) is 0 Å². The number of hydrogen-bond donors (Lipinski definition) is 2. The first kappa shape index (κ1) is 20.1. The molecule has 0 atom stereocenters. The Labute approximate surface area is 158 Å². The van der Waals surface area contributed by atoms with Crippen molar-refractivity contribution in [3.8, 4) is 11.5 Å². The molecule has 0 aliphatic carbocycles. The van der Waals surface area contributed by atoms with Crippen molar-refractivity contribution in [3.63, 3.8) is 0 Å². The summed E-state index contributed by atoms with van der Waals surface area (Å²) in [4.78, 5) is 24.7. The Hall–Kier alpha value is -3.22. The summed E-state index contributed by atoms with van der Waals surface area (Å²) in [5.41, 5.74) is 2.95. The first-order valence-electron chi connectivity index (χ1n) is 8.65. The molecule has 0 saturated heterocycles. The molecule has 7 heteroatoms. The van der Waals surface area contributed by atoms with Crippen LogP contribution in [0.5, 0.6) is 11.5 Å². The molecular formula is C20H24N2O5. The fourth-order valence-electron chi connectivity index (χ4n) is 2.81. The molecule has 2 rings (SSSR count). The molecule has 0 spiro atoms. The van der Waals surface area contributed by atoms with E-state index >= 15 is 0 Å². The van der Waals surface area contributed by atoms with Crippen LogP contribution in [0.3, 0.4) is 0 Å². The van der Waals surface area contributed by atoms with Crippen LogP contribution in [-0.4, -0.2) is 36.5 Å². The molecular weight excluding hydrogens is 348 g/mol. The Morgan fingerprint density at radius 2 is 1.19 bits per heavy atom. The number of carboxylic acid groups (broad SMARTS) is 2. The zero-order valence-corrected chi connectivity index (χ0v) is 15.9. The van der Waals surface area contributed by atoms with Crippen molar-refractivity contribution in [1.82, 2.24) is 0 Å². The lowest BCUT2D eigenvalue weighted by Gasteiger charge is -2.19. The van der Waals surface area contributed by atoms with Gasteiger partial charge < -0.3 is 14.9 Å². The summed E-state index contributed by atoms with van der Waals surface area (Å²) in [6.07, 6.45) is -0.729. The summed E-state index contributed by atoms with van der Waals surface area (Å²) in [5.74, 6) is 1.19. The number of hydrogen-bond acceptors (Lipinski definition) is 3. The van der Waals surface area contributed by atoms with E-state index in [1.54, 1.807) is 24.3 Å². The Kier molecular flexibility index (Phi) is 6.28. The average molecular weight is 372 g/mol. The second-order valence-corrected chi connectivity index (χ2v) is 6.07. The van der Waals surface area contributed by atoms with Crippen LogP contribution in [0.1, 0.15) is 25.0 Å². The Morgan fingerprint density at radius 1 is 0.815 bits per heavy atom. The van der Waals surface area contributed by atoms with Gasteiger partial charge in [-0.25, -0.2) is 9.59 Å². The lowest BCUT2D eigenvalue weighted by molar-refractivity contribution is 0.202. The highest BCUT2D eigenvalue weighted by Gasteiger charge is 2.15. The number of benzene rings is 2. The van der Waals surface area contributed by atoms with E-state index in [4.69, 9.17) is 4.74 Å². The van der Waals surface area contributed by atoms with Gasteiger partial charge in [-0.05, 0) is 60.4 Å². The van der Waals surface area contributed by atoms with E-state index in [1.165, 1.54) is 23.9 Å². The number of carbonyl (C=O) groups is 2. The first-order chi connectivity index (χ1) is 12.8. The van der Waals surface area contributed by atoms with E-state index < -0.39 is 12.2 Å². The van der Waals surface area contributed by atoms with E-state index in [0.717, 1.165) is 11.1 Å². The van der Waals surface area contributed by atoms with E-state index in [9.17, 15) is 19.8 Å². The summed E-state index contributed by atoms with van der Waals surface area (Å²) in [7, 11) is 3.01. The van der Waals surface area contributed by atoms with Crippen LogP contribution < -0.4 is 14.5 Å². The van der Waals surface area contributed by atoms with Crippen LogP contribution in [0.4, 0.5) is 21.0 Å². The fraction of sp³-hybridized carbons (Fsp3) is 0.300. The maximum absolute atomic E-state index is 11.2. The quantitative estimate of drug-likeness (QED) is 0.758. The van der Waals surface area contributed by atoms with Crippen LogP contribution in [0, 0.1) is 0 Å². The molecule has 0 bridgehead atoms. The molecule has 0 heterocycles. The standard InChI is InChI=1S/C20H24N2O5/c1-5-13-11-15(7-9-17(13)21(3)19(23)24)27-16-8-10-18(14(6-2)12-16)22(4)20(25)26/h7-12H,5-6H2,1-4H3,(H,23,24)(H,25,26). The molecule has 2 aromatic carbocycles. The molecule has 0 unspecified atom stereocenters. The molecule has 0 aliphatic rings. The van der Waals surface area contributed by atoms with Crippen molar-refractivity contribution in [2.24, 2.45) is 0 Å². The van der Waals surface area contributed by atoms with Gasteiger partial charge in [-0.2, -0.15) is 0 Å². The van der Waals surface area contributed by atoms with Crippen molar-refractivity contribution in [2.75, 3.05) is 23.9 Å². The smallest absolute Gasteiger partial charge is 0.411 e. The summed E-state index contributed by atoms with van der Waals surface area (Å²) >= 11 is 0. The van der Waals surface area contributed by atoms with Gasteiger partial charge in [0.2, 0.25) is 0 Å². The first-order valence-corrected chi connectivity index (χ1v) is 8.65. The number of amides is 2. The number of nitrogens with zero attached hydrogens (tertiary/aromatic N) is 2. The minimum Gasteiger partial charge on any atom is -0.465 e. The Morgan fingerprint density at radius 3 is 1.48 bits per heavy atom. The van der Waals surface area contributed by atoms with Gasteiger partial charge in [0, 0.05) is 14.1 Å². The van der Waals surface area contributed by atoms with E-state index in [2.05, 4.69) is 0 Å². The molecule has 0 fully saturated rings. The highest BCUT2D eigenvalue weighted by atomic mass is 16.5. The molecule has 144 valence electrons. The van der Waals surface area contributed by atoms with Crippen LogP contribution >= 0.6 is 0 Å². The van der Waals surface area contributed by atoms with Gasteiger partial charge >= 0.3 is 12.2 Å². The maximum Gasteiger partial charge on any atom is 0.411 e. The minimum absolute atomic E-state index is 0.593. The molecule has 7 nitrogen and oxygen atoms in total. The molecule has 0 aliphatic heterocycles. The van der Waals surface area contributed by atoms with Crippen molar-refractivity contribution >= 4 is 23.6 Å². The lowest BCUT2D eigenvalue weighted by atomic mass is 10.1. The normalized spacial score (nSPS) is 10.4.